The summed E-state index contributed by atoms with van der Waals surface area (Å²) in [6.07, 6.45) is 0. The third-order valence-corrected chi connectivity index (χ3v) is 4.76. The Morgan fingerprint density at radius 1 is 1.52 bits per heavy atom. The van der Waals surface area contributed by atoms with Gasteiger partial charge in [0.05, 0.1) is 22.6 Å². The third kappa shape index (κ3) is 3.68. The molecule has 0 heterocycles. The van der Waals surface area contributed by atoms with Crippen molar-refractivity contribution in [2.75, 3.05) is 26.0 Å². The van der Waals surface area contributed by atoms with Crippen LogP contribution in [0.4, 0.5) is 11.4 Å². The second-order valence-corrected chi connectivity index (χ2v) is 6.52. The molecule has 1 rings (SSSR count). The normalized spacial score (nSPS) is 12.7. The number of nitriles is 1. The Kier molecular flexibility index (Phi) is 5.23. The fourth-order valence-electron chi connectivity index (χ4n) is 1.74. The predicted molar refractivity (Wildman–Crippen MR) is 77.2 cm³/mol. The van der Waals surface area contributed by atoms with Crippen molar-refractivity contribution in [1.29, 1.82) is 5.26 Å². The number of nitrogens with one attached hydrogen (secondary N) is 1. The Morgan fingerprint density at radius 3 is 2.62 bits per heavy atom. The molecule has 1 aromatic rings. The lowest BCUT2D eigenvalue weighted by atomic mass is 10.2. The van der Waals surface area contributed by atoms with Crippen molar-refractivity contribution in [1.82, 2.24) is 4.31 Å². The van der Waals surface area contributed by atoms with Crippen LogP contribution in [0.3, 0.4) is 0 Å². The number of sulfonamides is 1. The summed E-state index contributed by atoms with van der Waals surface area (Å²) in [5, 5.41) is 22.1. The van der Waals surface area contributed by atoms with E-state index in [1.807, 2.05) is 6.07 Å². The second-order valence-electron chi connectivity index (χ2n) is 4.50. The van der Waals surface area contributed by atoms with E-state index in [0.29, 0.717) is 0 Å². The van der Waals surface area contributed by atoms with Gasteiger partial charge in [0.15, 0.2) is 0 Å². The maximum Gasteiger partial charge on any atom is 0.271 e. The molecule has 0 amide bonds. The molecule has 1 aromatic carbocycles. The first kappa shape index (κ1) is 16.9. The Bertz CT molecular complexity index is 681. The molecule has 0 radical (unpaired) electrons. The van der Waals surface area contributed by atoms with Gasteiger partial charge in [-0.05, 0) is 13.0 Å². The summed E-state index contributed by atoms with van der Waals surface area (Å²) in [6.45, 7) is 1.65. The topological polar surface area (TPSA) is 116 Å². The number of non-ortho nitro benzene ring substituents is 1. The molecule has 0 aliphatic rings. The highest BCUT2D eigenvalue weighted by atomic mass is 32.2. The highest BCUT2D eigenvalue weighted by molar-refractivity contribution is 7.89. The Hall–Kier alpha value is -2.18. The van der Waals surface area contributed by atoms with Gasteiger partial charge < -0.3 is 5.32 Å². The lowest BCUT2D eigenvalue weighted by Crippen LogP contribution is -2.31. The molecular formula is C12H16N4O4S. The zero-order valence-corrected chi connectivity index (χ0v) is 12.7. The summed E-state index contributed by atoms with van der Waals surface area (Å²) in [7, 11) is -0.985. The number of nitro groups is 1. The molecule has 9 heteroatoms. The fourth-order valence-corrected chi connectivity index (χ4v) is 3.18. The quantitative estimate of drug-likeness (QED) is 0.627. The van der Waals surface area contributed by atoms with E-state index in [0.717, 1.165) is 16.4 Å². The van der Waals surface area contributed by atoms with Crippen LogP contribution >= 0.6 is 0 Å². The maximum atomic E-state index is 12.5. The van der Waals surface area contributed by atoms with Crippen LogP contribution in [-0.4, -0.2) is 38.3 Å². The van der Waals surface area contributed by atoms with E-state index in [1.54, 1.807) is 6.92 Å². The molecule has 1 atom stereocenters. The van der Waals surface area contributed by atoms with Crippen LogP contribution in [0.15, 0.2) is 23.1 Å². The molecule has 1 N–H and O–H groups in total. The van der Waals surface area contributed by atoms with Crippen LogP contribution in [0.1, 0.15) is 6.92 Å². The minimum absolute atomic E-state index is 0.0406. The first-order valence-electron chi connectivity index (χ1n) is 6.06. The van der Waals surface area contributed by atoms with E-state index in [9.17, 15) is 18.5 Å². The molecule has 21 heavy (non-hydrogen) atoms. The maximum absolute atomic E-state index is 12.5. The standard InChI is InChI=1S/C12H16N4O4S/c1-9(7-13)8-15(3)21(19,20)12-5-4-10(16(17)18)6-11(12)14-2/h4-6,9,14H,8H2,1-3H3. The van der Waals surface area contributed by atoms with Gasteiger partial charge in [0.2, 0.25) is 10.0 Å². The third-order valence-electron chi connectivity index (χ3n) is 2.88. The lowest BCUT2D eigenvalue weighted by molar-refractivity contribution is -0.384. The van der Waals surface area contributed by atoms with Crippen LogP contribution in [0.2, 0.25) is 0 Å². The Balaban J connectivity index is 3.25. The first-order chi connectivity index (χ1) is 9.73. The molecule has 0 aliphatic carbocycles. The molecular weight excluding hydrogens is 296 g/mol. The second kappa shape index (κ2) is 6.51. The Morgan fingerprint density at radius 2 is 2.14 bits per heavy atom. The van der Waals surface area contributed by atoms with Gasteiger partial charge in [-0.3, -0.25) is 10.1 Å². The number of hydrogen-bond acceptors (Lipinski definition) is 6. The minimum Gasteiger partial charge on any atom is -0.387 e. The van der Waals surface area contributed by atoms with Gasteiger partial charge in [0, 0.05) is 32.8 Å². The van der Waals surface area contributed by atoms with Gasteiger partial charge >= 0.3 is 0 Å². The minimum atomic E-state index is -3.83. The van der Waals surface area contributed by atoms with Crippen LogP contribution in [0, 0.1) is 27.4 Å². The lowest BCUT2D eigenvalue weighted by Gasteiger charge is -2.19. The van der Waals surface area contributed by atoms with E-state index in [-0.39, 0.29) is 22.8 Å². The summed E-state index contributed by atoms with van der Waals surface area (Å²) in [6, 6.07) is 5.44. The van der Waals surface area contributed by atoms with Crippen molar-refractivity contribution in [3.05, 3.63) is 28.3 Å². The van der Waals surface area contributed by atoms with Gasteiger partial charge in [0.25, 0.3) is 5.69 Å². The first-order valence-corrected chi connectivity index (χ1v) is 7.50. The van der Waals surface area contributed by atoms with Crippen molar-refractivity contribution in [2.24, 2.45) is 5.92 Å². The molecule has 0 saturated heterocycles. The van der Waals surface area contributed by atoms with Crippen molar-refractivity contribution in [2.45, 2.75) is 11.8 Å². The monoisotopic (exact) mass is 312 g/mol. The molecule has 0 saturated carbocycles. The van der Waals surface area contributed by atoms with Gasteiger partial charge in [-0.25, -0.2) is 8.42 Å². The number of anilines is 1. The molecule has 0 aliphatic heterocycles. The zero-order valence-electron chi connectivity index (χ0n) is 11.9. The van der Waals surface area contributed by atoms with E-state index in [1.165, 1.54) is 20.2 Å². The average molecular weight is 312 g/mol. The molecule has 0 spiro atoms. The van der Waals surface area contributed by atoms with Gasteiger partial charge in [0.1, 0.15) is 4.90 Å². The zero-order chi connectivity index (χ0) is 16.2. The summed E-state index contributed by atoms with van der Waals surface area (Å²) >= 11 is 0. The largest absolute Gasteiger partial charge is 0.387 e. The molecule has 8 nitrogen and oxygen atoms in total. The SMILES string of the molecule is CNc1cc([N+](=O)[O-])ccc1S(=O)(=O)N(C)CC(C)C#N. The smallest absolute Gasteiger partial charge is 0.271 e. The van der Waals surface area contributed by atoms with E-state index >= 15 is 0 Å². The van der Waals surface area contributed by atoms with Crippen molar-refractivity contribution < 1.29 is 13.3 Å². The summed E-state index contributed by atoms with van der Waals surface area (Å²) in [5.41, 5.74) is -0.0630. The molecule has 1 unspecified atom stereocenters. The van der Waals surface area contributed by atoms with Gasteiger partial charge in [-0.15, -0.1) is 0 Å². The number of rotatable bonds is 6. The number of nitrogens with zero attached hydrogens (tertiary/aromatic N) is 3. The van der Waals surface area contributed by atoms with Crippen molar-refractivity contribution >= 4 is 21.4 Å². The van der Waals surface area contributed by atoms with Crippen molar-refractivity contribution in [3.8, 4) is 6.07 Å². The predicted octanol–water partition coefficient (Wildman–Crippen LogP) is 1.42. The molecule has 114 valence electrons. The fraction of sp³-hybridized carbons (Fsp3) is 0.417. The average Bonchev–Trinajstić information content (AvgIpc) is 2.45. The summed E-state index contributed by atoms with van der Waals surface area (Å²) < 4.78 is 26.0. The highest BCUT2D eigenvalue weighted by Gasteiger charge is 2.26. The van der Waals surface area contributed by atoms with Gasteiger partial charge in [-0.2, -0.15) is 9.57 Å². The van der Waals surface area contributed by atoms with Gasteiger partial charge in [-0.1, -0.05) is 0 Å². The van der Waals surface area contributed by atoms with Crippen LogP contribution in [0.25, 0.3) is 0 Å². The van der Waals surface area contributed by atoms with Crippen molar-refractivity contribution in [3.63, 3.8) is 0 Å². The molecule has 0 bridgehead atoms. The summed E-state index contributed by atoms with van der Waals surface area (Å²) in [5.74, 6) is -0.458. The van der Waals surface area contributed by atoms with E-state index in [2.05, 4.69) is 5.32 Å². The van der Waals surface area contributed by atoms with E-state index < -0.39 is 20.9 Å². The number of hydrogen-bond donors (Lipinski definition) is 1. The van der Waals surface area contributed by atoms with E-state index in [4.69, 9.17) is 5.26 Å². The molecule has 0 fully saturated rings. The Labute approximate surface area is 123 Å². The van der Waals surface area contributed by atoms with Crippen LogP contribution < -0.4 is 5.32 Å². The highest BCUT2D eigenvalue weighted by Crippen LogP contribution is 2.28. The number of benzene rings is 1. The summed E-state index contributed by atoms with van der Waals surface area (Å²) in [4.78, 5) is 10.1. The van der Waals surface area contributed by atoms with Crippen LogP contribution in [-0.2, 0) is 10.0 Å². The molecule has 0 aromatic heterocycles. The number of nitro benzene ring substituents is 1. The van der Waals surface area contributed by atoms with Crippen LogP contribution in [0.5, 0.6) is 0 Å².